The van der Waals surface area contributed by atoms with Crippen LogP contribution in [0.15, 0.2) is 35.7 Å². The summed E-state index contributed by atoms with van der Waals surface area (Å²) in [6.45, 7) is 8.58. The molecule has 3 rings (SSSR count). The molecule has 0 fully saturated rings. The summed E-state index contributed by atoms with van der Waals surface area (Å²) in [5, 5.41) is 2.03. The van der Waals surface area contributed by atoms with Gasteiger partial charge in [-0.25, -0.2) is 4.39 Å². The predicted molar refractivity (Wildman–Crippen MR) is 121 cm³/mol. The molecule has 0 aliphatic carbocycles. The third-order valence-corrected chi connectivity index (χ3v) is 6.82. The van der Waals surface area contributed by atoms with Crippen molar-refractivity contribution in [2.75, 3.05) is 19.7 Å². The monoisotopic (exact) mass is 446 g/mol. The molecule has 0 saturated carbocycles. The zero-order chi connectivity index (χ0) is 22.5. The minimum atomic E-state index is -0.360. The SMILES string of the molecule is CC[C@H](C)N(CC(=O)N1CCc2sccc2[C@H]1COc1cccc(F)c1)C(=O)C(C)C. The molecule has 0 unspecified atom stereocenters. The van der Waals surface area contributed by atoms with Crippen LogP contribution in [0.5, 0.6) is 5.75 Å². The molecule has 7 heteroatoms. The van der Waals surface area contributed by atoms with E-state index in [0.717, 1.165) is 18.4 Å². The van der Waals surface area contributed by atoms with Gasteiger partial charge >= 0.3 is 0 Å². The van der Waals surface area contributed by atoms with Crippen molar-refractivity contribution in [3.63, 3.8) is 0 Å². The summed E-state index contributed by atoms with van der Waals surface area (Å²) < 4.78 is 19.4. The van der Waals surface area contributed by atoms with Gasteiger partial charge in [-0.3, -0.25) is 9.59 Å². The first kappa shape index (κ1) is 23.3. The summed E-state index contributed by atoms with van der Waals surface area (Å²) in [4.78, 5) is 30.9. The van der Waals surface area contributed by atoms with E-state index in [-0.39, 0.29) is 48.8 Å². The van der Waals surface area contributed by atoms with Crippen LogP contribution in [0.3, 0.4) is 0 Å². The van der Waals surface area contributed by atoms with Gasteiger partial charge < -0.3 is 14.5 Å². The summed E-state index contributed by atoms with van der Waals surface area (Å²) in [6.07, 6.45) is 1.57. The Morgan fingerprint density at radius 1 is 1.29 bits per heavy atom. The van der Waals surface area contributed by atoms with Crippen molar-refractivity contribution in [1.82, 2.24) is 9.80 Å². The lowest BCUT2D eigenvalue weighted by atomic mass is 10.00. The topological polar surface area (TPSA) is 49.9 Å². The zero-order valence-corrected chi connectivity index (χ0v) is 19.5. The van der Waals surface area contributed by atoms with Gasteiger partial charge in [0.2, 0.25) is 11.8 Å². The Morgan fingerprint density at radius 3 is 2.74 bits per heavy atom. The molecule has 0 saturated heterocycles. The van der Waals surface area contributed by atoms with Crippen LogP contribution in [0.4, 0.5) is 4.39 Å². The second kappa shape index (κ2) is 10.3. The number of hydrogen-bond acceptors (Lipinski definition) is 4. The van der Waals surface area contributed by atoms with Crippen LogP contribution in [0.25, 0.3) is 0 Å². The minimum Gasteiger partial charge on any atom is -0.491 e. The molecule has 1 aliphatic heterocycles. The molecule has 1 aliphatic rings. The lowest BCUT2D eigenvalue weighted by Gasteiger charge is -2.38. The summed E-state index contributed by atoms with van der Waals surface area (Å²) in [5.74, 6) is -0.186. The van der Waals surface area contributed by atoms with Gasteiger partial charge in [0.1, 0.15) is 24.7 Å². The Bertz CT molecular complexity index is 914. The first-order valence-corrected chi connectivity index (χ1v) is 11.7. The van der Waals surface area contributed by atoms with Crippen molar-refractivity contribution in [3.05, 3.63) is 52.0 Å². The smallest absolute Gasteiger partial charge is 0.242 e. The van der Waals surface area contributed by atoms with Gasteiger partial charge in [0, 0.05) is 29.4 Å². The van der Waals surface area contributed by atoms with Gasteiger partial charge in [-0.1, -0.05) is 26.8 Å². The fourth-order valence-electron chi connectivity index (χ4n) is 3.85. The van der Waals surface area contributed by atoms with Crippen LogP contribution in [0.2, 0.25) is 0 Å². The number of thiophene rings is 1. The molecule has 5 nitrogen and oxygen atoms in total. The minimum absolute atomic E-state index is 0.0107. The molecular weight excluding hydrogens is 415 g/mol. The third-order valence-electron chi connectivity index (χ3n) is 5.82. The van der Waals surface area contributed by atoms with Crippen LogP contribution in [-0.2, 0) is 16.0 Å². The van der Waals surface area contributed by atoms with E-state index in [0.29, 0.717) is 12.3 Å². The van der Waals surface area contributed by atoms with E-state index < -0.39 is 0 Å². The highest BCUT2D eigenvalue weighted by Crippen LogP contribution is 2.34. The first-order chi connectivity index (χ1) is 14.8. The lowest BCUT2D eigenvalue weighted by Crippen LogP contribution is -2.50. The lowest BCUT2D eigenvalue weighted by molar-refractivity contribution is -0.146. The molecule has 1 aromatic heterocycles. The average molecular weight is 447 g/mol. The normalized spacial score (nSPS) is 16.7. The number of nitrogens with zero attached hydrogens (tertiary/aromatic N) is 2. The van der Waals surface area contributed by atoms with Gasteiger partial charge in [0.25, 0.3) is 0 Å². The Kier molecular flexibility index (Phi) is 7.70. The number of rotatable bonds is 8. The van der Waals surface area contributed by atoms with Crippen molar-refractivity contribution in [2.24, 2.45) is 5.92 Å². The van der Waals surface area contributed by atoms with Crippen molar-refractivity contribution >= 4 is 23.2 Å². The molecule has 168 valence electrons. The highest BCUT2D eigenvalue weighted by Gasteiger charge is 2.34. The van der Waals surface area contributed by atoms with Crippen LogP contribution in [0.1, 0.15) is 50.6 Å². The molecule has 2 heterocycles. The highest BCUT2D eigenvalue weighted by molar-refractivity contribution is 7.10. The number of hydrogen-bond donors (Lipinski definition) is 0. The molecule has 2 aromatic rings. The molecule has 0 radical (unpaired) electrons. The molecule has 2 amide bonds. The molecule has 1 aromatic carbocycles. The standard InChI is InChI=1S/C24H31FN2O3S/c1-5-17(4)27(24(29)16(2)3)14-23(28)26-11-9-22-20(10-12-31-22)21(26)15-30-19-8-6-7-18(25)13-19/h6-8,10,12-13,16-17,21H,5,9,11,14-15H2,1-4H3/t17-,21+/m0/s1. The van der Waals surface area contributed by atoms with Crippen LogP contribution in [0, 0.1) is 11.7 Å². The molecule has 2 atom stereocenters. The molecule has 0 bridgehead atoms. The maximum Gasteiger partial charge on any atom is 0.242 e. The van der Waals surface area contributed by atoms with Gasteiger partial charge in [0.05, 0.1) is 6.04 Å². The Balaban J connectivity index is 1.80. The first-order valence-electron chi connectivity index (χ1n) is 10.9. The Labute approximate surface area is 187 Å². The second-order valence-corrected chi connectivity index (χ2v) is 9.30. The highest BCUT2D eigenvalue weighted by atomic mass is 32.1. The number of ether oxygens (including phenoxy) is 1. The number of amides is 2. The predicted octanol–water partition coefficient (Wildman–Crippen LogP) is 4.68. The molecular formula is C24H31FN2O3S. The summed E-state index contributed by atoms with van der Waals surface area (Å²) in [6, 6.07) is 7.78. The molecule has 0 spiro atoms. The molecule has 0 N–H and O–H groups in total. The summed E-state index contributed by atoms with van der Waals surface area (Å²) in [7, 11) is 0. The number of fused-ring (bicyclic) bond motifs is 1. The quantitative estimate of drug-likeness (QED) is 0.592. The second-order valence-electron chi connectivity index (χ2n) is 8.30. The fraction of sp³-hybridized carbons (Fsp3) is 0.500. The maximum absolute atomic E-state index is 13.5. The largest absolute Gasteiger partial charge is 0.491 e. The van der Waals surface area contributed by atoms with E-state index in [1.54, 1.807) is 28.4 Å². The third kappa shape index (κ3) is 5.45. The van der Waals surface area contributed by atoms with E-state index in [2.05, 4.69) is 0 Å². The maximum atomic E-state index is 13.5. The number of benzene rings is 1. The summed E-state index contributed by atoms with van der Waals surface area (Å²) in [5.41, 5.74) is 1.08. The average Bonchev–Trinajstić information content (AvgIpc) is 3.23. The van der Waals surface area contributed by atoms with Gasteiger partial charge in [0.15, 0.2) is 0 Å². The number of carbonyl (C=O) groups excluding carboxylic acids is 2. The molecule has 31 heavy (non-hydrogen) atoms. The van der Waals surface area contributed by atoms with Crippen molar-refractivity contribution in [3.8, 4) is 5.75 Å². The zero-order valence-electron chi connectivity index (χ0n) is 18.6. The fourth-order valence-corrected chi connectivity index (χ4v) is 4.77. The van der Waals surface area contributed by atoms with E-state index in [9.17, 15) is 14.0 Å². The van der Waals surface area contributed by atoms with Crippen LogP contribution in [-0.4, -0.2) is 47.4 Å². The van der Waals surface area contributed by atoms with Crippen molar-refractivity contribution in [2.45, 2.75) is 52.6 Å². The van der Waals surface area contributed by atoms with Crippen molar-refractivity contribution < 1.29 is 18.7 Å². The van der Waals surface area contributed by atoms with E-state index >= 15 is 0 Å². The van der Waals surface area contributed by atoms with E-state index in [4.69, 9.17) is 4.74 Å². The Hall–Kier alpha value is -2.41. The van der Waals surface area contributed by atoms with Gasteiger partial charge in [-0.2, -0.15) is 0 Å². The Morgan fingerprint density at radius 2 is 2.06 bits per heavy atom. The van der Waals surface area contributed by atoms with Gasteiger partial charge in [-0.15, -0.1) is 11.3 Å². The van der Waals surface area contributed by atoms with Gasteiger partial charge in [-0.05, 0) is 48.9 Å². The number of carbonyl (C=O) groups is 2. The van der Waals surface area contributed by atoms with Crippen molar-refractivity contribution in [1.29, 1.82) is 0 Å². The van der Waals surface area contributed by atoms with Crippen LogP contribution >= 0.6 is 11.3 Å². The van der Waals surface area contributed by atoms with E-state index in [1.807, 2.05) is 44.0 Å². The summed E-state index contributed by atoms with van der Waals surface area (Å²) >= 11 is 1.68. The van der Waals surface area contributed by atoms with Crippen LogP contribution < -0.4 is 4.74 Å². The van der Waals surface area contributed by atoms with E-state index in [1.165, 1.54) is 17.0 Å². The number of halogens is 1.